The van der Waals surface area contributed by atoms with Crippen molar-refractivity contribution >= 4 is 22.9 Å². The highest BCUT2D eigenvalue weighted by Gasteiger charge is 2.24. The molecule has 0 aliphatic carbocycles. The monoisotopic (exact) mass is 499 g/mol. The van der Waals surface area contributed by atoms with Crippen LogP contribution >= 0.6 is 0 Å². The van der Waals surface area contributed by atoms with Gasteiger partial charge in [0, 0.05) is 35.6 Å². The van der Waals surface area contributed by atoms with Crippen LogP contribution in [0.3, 0.4) is 0 Å². The maximum atomic E-state index is 13.6. The van der Waals surface area contributed by atoms with Gasteiger partial charge in [0.2, 0.25) is 0 Å². The van der Waals surface area contributed by atoms with E-state index in [9.17, 15) is 14.0 Å². The number of carboxylic acid groups (broad SMARTS) is 1. The number of fused-ring (bicyclic) bond motifs is 2. The fourth-order valence-electron chi connectivity index (χ4n) is 4.56. The summed E-state index contributed by atoms with van der Waals surface area (Å²) in [6, 6.07) is 19.0. The molecule has 0 radical (unpaired) electrons. The molecule has 1 atom stereocenters. The first kappa shape index (κ1) is 24.4. The van der Waals surface area contributed by atoms with Crippen LogP contribution in [0.4, 0.5) is 4.39 Å². The van der Waals surface area contributed by atoms with Crippen LogP contribution in [0.1, 0.15) is 53.3 Å². The molecule has 2 N–H and O–H groups in total. The van der Waals surface area contributed by atoms with E-state index in [2.05, 4.69) is 5.32 Å². The summed E-state index contributed by atoms with van der Waals surface area (Å²) in [7, 11) is 0. The molecule has 2 heterocycles. The van der Waals surface area contributed by atoms with E-state index in [0.717, 1.165) is 22.5 Å². The van der Waals surface area contributed by atoms with E-state index in [1.807, 2.05) is 30.3 Å². The first-order valence-corrected chi connectivity index (χ1v) is 12.3. The highest BCUT2D eigenvalue weighted by molar-refractivity contribution is 5.97. The molecule has 7 nitrogen and oxygen atoms in total. The SMILES string of the molecule is O=C(O)CCCCc1nc2cc(C(=O)NC3CCOc4cc(F)ccc43)ccc2nc1-c1ccccc1. The third-order valence-corrected chi connectivity index (χ3v) is 6.42. The Labute approximate surface area is 213 Å². The van der Waals surface area contributed by atoms with E-state index in [1.54, 1.807) is 24.3 Å². The summed E-state index contributed by atoms with van der Waals surface area (Å²) in [4.78, 5) is 33.8. The number of amides is 1. The third-order valence-electron chi connectivity index (χ3n) is 6.42. The summed E-state index contributed by atoms with van der Waals surface area (Å²) in [5, 5.41) is 12.0. The Bertz CT molecular complexity index is 1460. The maximum Gasteiger partial charge on any atom is 0.303 e. The summed E-state index contributed by atoms with van der Waals surface area (Å²) in [6.07, 6.45) is 2.47. The maximum absolute atomic E-state index is 13.6. The molecule has 1 amide bonds. The zero-order valence-corrected chi connectivity index (χ0v) is 20.1. The summed E-state index contributed by atoms with van der Waals surface area (Å²) >= 11 is 0. The molecular formula is C29H26FN3O4. The average Bonchev–Trinajstić information content (AvgIpc) is 2.90. The number of carbonyl (C=O) groups is 2. The van der Waals surface area contributed by atoms with Gasteiger partial charge in [-0.3, -0.25) is 9.59 Å². The number of hydrogen-bond acceptors (Lipinski definition) is 5. The minimum Gasteiger partial charge on any atom is -0.493 e. The molecular weight excluding hydrogens is 473 g/mol. The quantitative estimate of drug-likeness (QED) is 0.311. The number of benzene rings is 3. The minimum atomic E-state index is -0.819. The number of hydrogen-bond donors (Lipinski definition) is 2. The number of nitrogens with zero attached hydrogens (tertiary/aromatic N) is 2. The number of unbranched alkanes of at least 4 members (excludes halogenated alkanes) is 1. The number of aryl methyl sites for hydroxylation is 1. The van der Waals surface area contributed by atoms with Gasteiger partial charge in [0.15, 0.2) is 0 Å². The fourth-order valence-corrected chi connectivity index (χ4v) is 4.56. The van der Waals surface area contributed by atoms with Gasteiger partial charge in [0.05, 0.1) is 35.1 Å². The van der Waals surface area contributed by atoms with Gasteiger partial charge in [-0.1, -0.05) is 36.4 Å². The van der Waals surface area contributed by atoms with E-state index in [4.69, 9.17) is 19.8 Å². The summed E-state index contributed by atoms with van der Waals surface area (Å²) in [6.45, 7) is 0.387. The zero-order chi connectivity index (χ0) is 25.8. The highest BCUT2D eigenvalue weighted by Crippen LogP contribution is 2.33. The van der Waals surface area contributed by atoms with Crippen LogP contribution in [0.2, 0.25) is 0 Å². The molecule has 8 heteroatoms. The van der Waals surface area contributed by atoms with Crippen molar-refractivity contribution < 1.29 is 23.8 Å². The average molecular weight is 500 g/mol. The lowest BCUT2D eigenvalue weighted by Crippen LogP contribution is -2.32. The molecule has 1 aliphatic rings. The molecule has 0 spiro atoms. The molecule has 3 aromatic carbocycles. The number of aromatic nitrogens is 2. The molecule has 188 valence electrons. The lowest BCUT2D eigenvalue weighted by molar-refractivity contribution is -0.137. The number of rotatable bonds is 8. The van der Waals surface area contributed by atoms with Gasteiger partial charge in [-0.15, -0.1) is 0 Å². The second-order valence-electron chi connectivity index (χ2n) is 9.03. The topological polar surface area (TPSA) is 101 Å². The molecule has 1 aromatic heterocycles. The zero-order valence-electron chi connectivity index (χ0n) is 20.1. The summed E-state index contributed by atoms with van der Waals surface area (Å²) in [5.41, 5.74) is 4.90. The van der Waals surface area contributed by atoms with Crippen molar-refractivity contribution in [2.75, 3.05) is 6.61 Å². The van der Waals surface area contributed by atoms with Crippen LogP contribution in [0.15, 0.2) is 66.7 Å². The lowest BCUT2D eigenvalue weighted by Gasteiger charge is -2.26. The van der Waals surface area contributed by atoms with E-state index in [-0.39, 0.29) is 24.2 Å². The van der Waals surface area contributed by atoms with Crippen LogP contribution in [-0.4, -0.2) is 33.6 Å². The highest BCUT2D eigenvalue weighted by atomic mass is 19.1. The van der Waals surface area contributed by atoms with Gasteiger partial charge in [-0.05, 0) is 43.5 Å². The number of carbonyl (C=O) groups excluding carboxylic acids is 1. The number of carboxylic acids is 1. The van der Waals surface area contributed by atoms with Gasteiger partial charge in [0.25, 0.3) is 5.91 Å². The molecule has 37 heavy (non-hydrogen) atoms. The van der Waals surface area contributed by atoms with Crippen LogP contribution in [0.5, 0.6) is 5.75 Å². The standard InChI is InChI=1S/C29H26FN3O4/c30-20-11-12-21-22(14-15-37-26(21)17-20)33-29(36)19-10-13-23-25(16-19)31-24(8-4-5-9-27(34)35)28(32-23)18-6-2-1-3-7-18/h1-3,6-7,10-13,16-17,22H,4-5,8-9,14-15H2,(H,33,36)(H,34,35). The van der Waals surface area contributed by atoms with Crippen molar-refractivity contribution in [3.8, 4) is 17.0 Å². The lowest BCUT2D eigenvalue weighted by atomic mass is 10.00. The smallest absolute Gasteiger partial charge is 0.303 e. The van der Waals surface area contributed by atoms with Gasteiger partial charge < -0.3 is 15.2 Å². The Kier molecular flexibility index (Phi) is 7.07. The summed E-state index contributed by atoms with van der Waals surface area (Å²) in [5.74, 6) is -1.02. The molecule has 0 fully saturated rings. The predicted octanol–water partition coefficient (Wildman–Crippen LogP) is 5.49. The molecule has 1 aliphatic heterocycles. The van der Waals surface area contributed by atoms with Crippen molar-refractivity contribution in [1.82, 2.24) is 15.3 Å². The molecule has 0 saturated carbocycles. The third kappa shape index (κ3) is 5.58. The van der Waals surface area contributed by atoms with E-state index < -0.39 is 5.97 Å². The van der Waals surface area contributed by atoms with Crippen molar-refractivity contribution in [1.29, 1.82) is 0 Å². The van der Waals surface area contributed by atoms with Crippen LogP contribution in [0.25, 0.3) is 22.3 Å². The van der Waals surface area contributed by atoms with Crippen LogP contribution < -0.4 is 10.1 Å². The Hall–Kier alpha value is -4.33. The number of nitrogens with one attached hydrogen (secondary N) is 1. The molecule has 0 saturated heterocycles. The second kappa shape index (κ2) is 10.7. The van der Waals surface area contributed by atoms with Gasteiger partial charge in [0.1, 0.15) is 11.6 Å². The fraction of sp³-hybridized carbons (Fsp3) is 0.241. The van der Waals surface area contributed by atoms with Crippen molar-refractivity contribution in [2.45, 2.75) is 38.1 Å². The minimum absolute atomic E-state index is 0.105. The van der Waals surface area contributed by atoms with E-state index in [0.29, 0.717) is 54.6 Å². The first-order valence-electron chi connectivity index (χ1n) is 12.3. The molecule has 4 aromatic rings. The van der Waals surface area contributed by atoms with Gasteiger partial charge >= 0.3 is 5.97 Å². The Balaban J connectivity index is 1.42. The normalized spacial score (nSPS) is 14.6. The summed E-state index contributed by atoms with van der Waals surface area (Å²) < 4.78 is 19.1. The Morgan fingerprint density at radius 3 is 2.65 bits per heavy atom. The predicted molar refractivity (Wildman–Crippen MR) is 137 cm³/mol. The molecule has 5 rings (SSSR count). The molecule has 1 unspecified atom stereocenters. The van der Waals surface area contributed by atoms with E-state index >= 15 is 0 Å². The Morgan fingerprint density at radius 2 is 1.84 bits per heavy atom. The largest absolute Gasteiger partial charge is 0.493 e. The Morgan fingerprint density at radius 1 is 1.00 bits per heavy atom. The van der Waals surface area contributed by atoms with Crippen molar-refractivity contribution in [3.63, 3.8) is 0 Å². The first-order chi connectivity index (χ1) is 18.0. The number of aliphatic carboxylic acids is 1. The van der Waals surface area contributed by atoms with Crippen molar-refractivity contribution in [3.05, 3.63) is 89.4 Å². The van der Waals surface area contributed by atoms with Crippen molar-refractivity contribution in [2.24, 2.45) is 0 Å². The van der Waals surface area contributed by atoms with E-state index in [1.165, 1.54) is 12.1 Å². The molecule has 0 bridgehead atoms. The van der Waals surface area contributed by atoms with Gasteiger partial charge in [-0.25, -0.2) is 14.4 Å². The number of ether oxygens (including phenoxy) is 1. The van der Waals surface area contributed by atoms with Gasteiger partial charge in [-0.2, -0.15) is 0 Å². The van der Waals surface area contributed by atoms with Crippen LogP contribution in [-0.2, 0) is 11.2 Å². The number of halogens is 1. The second-order valence-corrected chi connectivity index (χ2v) is 9.03. The van der Waals surface area contributed by atoms with Crippen LogP contribution in [0, 0.1) is 5.82 Å².